The average Bonchev–Trinajstić information content (AvgIpc) is 3.24. The van der Waals surface area contributed by atoms with Crippen molar-refractivity contribution in [1.29, 1.82) is 0 Å². The minimum atomic E-state index is -0.143. The largest absolute Gasteiger partial charge is 0.494 e. The Morgan fingerprint density at radius 2 is 1.75 bits per heavy atom. The number of anilines is 1. The van der Waals surface area contributed by atoms with Crippen molar-refractivity contribution in [2.75, 3.05) is 17.7 Å². The summed E-state index contributed by atoms with van der Waals surface area (Å²) in [5, 5.41) is 12.8. The highest BCUT2D eigenvalue weighted by Gasteiger charge is 2.17. The van der Waals surface area contributed by atoms with Gasteiger partial charge in [-0.25, -0.2) is 0 Å². The van der Waals surface area contributed by atoms with Crippen LogP contribution in [0.4, 0.5) is 5.69 Å². The zero-order valence-electron chi connectivity index (χ0n) is 17.2. The molecule has 0 atom stereocenters. The number of benzene rings is 2. The van der Waals surface area contributed by atoms with Crippen LogP contribution in [0.25, 0.3) is 17.1 Å². The van der Waals surface area contributed by atoms with Crippen LogP contribution < -0.4 is 10.1 Å². The van der Waals surface area contributed by atoms with Crippen LogP contribution in [0.1, 0.15) is 6.92 Å². The monoisotopic (exact) mass is 465 g/mol. The second-order valence-electron chi connectivity index (χ2n) is 6.65. The van der Waals surface area contributed by atoms with Crippen molar-refractivity contribution in [1.82, 2.24) is 19.7 Å². The Hall–Kier alpha value is -3.36. The van der Waals surface area contributed by atoms with E-state index in [1.54, 1.807) is 24.5 Å². The molecule has 0 bridgehead atoms. The summed E-state index contributed by atoms with van der Waals surface area (Å²) < 4.78 is 7.33. The summed E-state index contributed by atoms with van der Waals surface area (Å²) in [5.74, 6) is 1.45. The molecule has 0 unspecified atom stereocenters. The first-order valence-corrected chi connectivity index (χ1v) is 11.3. The molecule has 1 amide bonds. The molecule has 2 aromatic carbocycles. The van der Waals surface area contributed by atoms with Crippen molar-refractivity contribution in [3.63, 3.8) is 0 Å². The summed E-state index contributed by atoms with van der Waals surface area (Å²) in [7, 11) is 0. The SMILES string of the molecule is CCOc1ccc(NC(=O)CSc2nnc(-c3ccncc3)n2-c2ccc(Cl)cc2)cc1. The maximum absolute atomic E-state index is 12.5. The fourth-order valence-corrected chi connectivity index (χ4v) is 3.88. The minimum Gasteiger partial charge on any atom is -0.494 e. The number of hydrogen-bond donors (Lipinski definition) is 1. The van der Waals surface area contributed by atoms with Crippen LogP contribution in [0.15, 0.2) is 78.2 Å². The van der Waals surface area contributed by atoms with Crippen molar-refractivity contribution in [2.45, 2.75) is 12.1 Å². The van der Waals surface area contributed by atoms with Crippen LogP contribution in [-0.2, 0) is 4.79 Å². The highest BCUT2D eigenvalue weighted by Crippen LogP contribution is 2.28. The van der Waals surface area contributed by atoms with E-state index in [-0.39, 0.29) is 11.7 Å². The van der Waals surface area contributed by atoms with Gasteiger partial charge < -0.3 is 10.1 Å². The Morgan fingerprint density at radius 3 is 2.44 bits per heavy atom. The van der Waals surface area contributed by atoms with Crippen LogP contribution in [0, 0.1) is 0 Å². The van der Waals surface area contributed by atoms with Crippen LogP contribution in [-0.4, -0.2) is 38.0 Å². The fourth-order valence-electron chi connectivity index (χ4n) is 3.00. The average molecular weight is 466 g/mol. The number of amides is 1. The third kappa shape index (κ3) is 5.27. The van der Waals surface area contributed by atoms with E-state index in [0.717, 1.165) is 17.0 Å². The van der Waals surface area contributed by atoms with Gasteiger partial charge in [0, 0.05) is 34.4 Å². The minimum absolute atomic E-state index is 0.143. The van der Waals surface area contributed by atoms with Gasteiger partial charge in [-0.2, -0.15) is 0 Å². The molecule has 2 aromatic heterocycles. The van der Waals surface area contributed by atoms with Gasteiger partial charge in [0.2, 0.25) is 5.91 Å². The molecular formula is C23H20ClN5O2S. The van der Waals surface area contributed by atoms with Crippen molar-refractivity contribution in [3.05, 3.63) is 78.1 Å². The molecular weight excluding hydrogens is 446 g/mol. The second kappa shape index (κ2) is 10.3. The summed E-state index contributed by atoms with van der Waals surface area (Å²) in [6, 6.07) is 18.4. The smallest absolute Gasteiger partial charge is 0.234 e. The molecule has 0 saturated carbocycles. The van der Waals surface area contributed by atoms with Gasteiger partial charge in [-0.15, -0.1) is 10.2 Å². The molecule has 9 heteroatoms. The number of thioether (sulfide) groups is 1. The van der Waals surface area contributed by atoms with Gasteiger partial charge >= 0.3 is 0 Å². The quantitative estimate of drug-likeness (QED) is 0.364. The van der Waals surface area contributed by atoms with E-state index in [1.807, 2.05) is 60.0 Å². The van der Waals surface area contributed by atoms with Gasteiger partial charge in [-0.1, -0.05) is 23.4 Å². The van der Waals surface area contributed by atoms with Gasteiger partial charge in [0.25, 0.3) is 0 Å². The molecule has 0 aliphatic carbocycles. The van der Waals surface area contributed by atoms with Gasteiger partial charge in [-0.3, -0.25) is 14.3 Å². The predicted molar refractivity (Wildman–Crippen MR) is 127 cm³/mol. The Bertz CT molecular complexity index is 1180. The number of halogens is 1. The van der Waals surface area contributed by atoms with E-state index in [1.165, 1.54) is 11.8 Å². The number of ether oxygens (including phenoxy) is 1. The molecule has 0 radical (unpaired) electrons. The number of hydrogen-bond acceptors (Lipinski definition) is 6. The van der Waals surface area contributed by atoms with E-state index in [2.05, 4.69) is 20.5 Å². The summed E-state index contributed by atoms with van der Waals surface area (Å²) in [6.45, 7) is 2.52. The second-order valence-corrected chi connectivity index (χ2v) is 8.03. The van der Waals surface area contributed by atoms with Gasteiger partial charge in [-0.05, 0) is 67.6 Å². The van der Waals surface area contributed by atoms with E-state index < -0.39 is 0 Å². The molecule has 2 heterocycles. The molecule has 0 aliphatic heterocycles. The molecule has 0 spiro atoms. The number of carbonyl (C=O) groups excluding carboxylic acids is 1. The molecule has 0 aliphatic rings. The third-order valence-corrected chi connectivity index (χ3v) is 5.62. The molecule has 162 valence electrons. The van der Waals surface area contributed by atoms with Gasteiger partial charge in [0.05, 0.1) is 12.4 Å². The summed E-state index contributed by atoms with van der Waals surface area (Å²) in [5.41, 5.74) is 2.42. The topological polar surface area (TPSA) is 81.9 Å². The highest BCUT2D eigenvalue weighted by molar-refractivity contribution is 7.99. The number of pyridine rings is 1. The van der Waals surface area contributed by atoms with Crippen LogP contribution >= 0.6 is 23.4 Å². The molecule has 7 nitrogen and oxygen atoms in total. The standard InChI is InChI=1S/C23H20ClN5O2S/c1-2-31-20-9-5-18(6-10-20)26-21(30)15-32-23-28-27-22(16-11-13-25-14-12-16)29(23)19-7-3-17(24)4-8-19/h3-14H,2,15H2,1H3,(H,26,30). The first-order valence-electron chi connectivity index (χ1n) is 9.91. The van der Waals surface area contributed by atoms with E-state index in [0.29, 0.717) is 28.3 Å². The van der Waals surface area contributed by atoms with Crippen LogP contribution in [0.5, 0.6) is 5.75 Å². The summed E-state index contributed by atoms with van der Waals surface area (Å²) in [4.78, 5) is 16.6. The fraction of sp³-hybridized carbons (Fsp3) is 0.130. The van der Waals surface area contributed by atoms with Crippen LogP contribution in [0.3, 0.4) is 0 Å². The van der Waals surface area contributed by atoms with Crippen LogP contribution in [0.2, 0.25) is 5.02 Å². The maximum atomic E-state index is 12.5. The van der Waals surface area contributed by atoms with Crippen molar-refractivity contribution < 1.29 is 9.53 Å². The van der Waals surface area contributed by atoms with E-state index in [9.17, 15) is 4.79 Å². The van der Waals surface area contributed by atoms with Crippen molar-refractivity contribution >= 4 is 35.0 Å². The maximum Gasteiger partial charge on any atom is 0.234 e. The predicted octanol–water partition coefficient (Wildman–Crippen LogP) is 5.11. The number of nitrogens with one attached hydrogen (secondary N) is 1. The molecule has 1 N–H and O–H groups in total. The normalized spacial score (nSPS) is 10.7. The molecule has 4 rings (SSSR count). The Balaban J connectivity index is 1.52. The molecule has 0 fully saturated rings. The molecule has 4 aromatic rings. The van der Waals surface area contributed by atoms with Gasteiger partial charge in [0.15, 0.2) is 11.0 Å². The van der Waals surface area contributed by atoms with Crippen molar-refractivity contribution in [3.8, 4) is 22.8 Å². The zero-order valence-corrected chi connectivity index (χ0v) is 18.8. The van der Waals surface area contributed by atoms with E-state index >= 15 is 0 Å². The Morgan fingerprint density at radius 1 is 1.03 bits per heavy atom. The number of aromatic nitrogens is 4. The molecule has 0 saturated heterocycles. The highest BCUT2D eigenvalue weighted by atomic mass is 35.5. The molecule has 32 heavy (non-hydrogen) atoms. The van der Waals surface area contributed by atoms with Crippen molar-refractivity contribution in [2.24, 2.45) is 0 Å². The lowest BCUT2D eigenvalue weighted by atomic mass is 10.2. The van der Waals surface area contributed by atoms with E-state index in [4.69, 9.17) is 16.3 Å². The Kier molecular flexibility index (Phi) is 7.03. The number of nitrogens with zero attached hydrogens (tertiary/aromatic N) is 4. The lowest BCUT2D eigenvalue weighted by Gasteiger charge is -2.11. The lowest BCUT2D eigenvalue weighted by molar-refractivity contribution is -0.113. The third-order valence-electron chi connectivity index (χ3n) is 4.44. The summed E-state index contributed by atoms with van der Waals surface area (Å²) >= 11 is 7.37. The number of rotatable bonds is 8. The van der Waals surface area contributed by atoms with Gasteiger partial charge in [0.1, 0.15) is 5.75 Å². The number of carbonyl (C=O) groups is 1. The lowest BCUT2D eigenvalue weighted by Crippen LogP contribution is -2.14. The first-order chi connectivity index (χ1) is 15.6. The Labute approximate surface area is 194 Å². The first kappa shape index (κ1) is 21.9. The summed E-state index contributed by atoms with van der Waals surface area (Å²) in [6.07, 6.45) is 3.40. The zero-order chi connectivity index (χ0) is 22.3.